The third kappa shape index (κ3) is 3.97. The van der Waals surface area contributed by atoms with Crippen LogP contribution in [0.4, 0.5) is 0 Å². The quantitative estimate of drug-likeness (QED) is 0.659. The number of fused-ring (bicyclic) bond motifs is 1. The van der Waals surface area contributed by atoms with E-state index in [1.54, 1.807) is 6.20 Å². The van der Waals surface area contributed by atoms with E-state index in [0.29, 0.717) is 12.1 Å². The first kappa shape index (κ1) is 19.4. The summed E-state index contributed by atoms with van der Waals surface area (Å²) in [6, 6.07) is 10.0. The Morgan fingerprint density at radius 2 is 2.14 bits per heavy atom. The van der Waals surface area contributed by atoms with Crippen molar-refractivity contribution < 1.29 is 19.4 Å². The number of nitrogens with one attached hydrogen (secondary N) is 1. The first-order valence-electron chi connectivity index (χ1n) is 9.42. The smallest absolute Gasteiger partial charge is 0.337 e. The van der Waals surface area contributed by atoms with E-state index in [0.717, 1.165) is 42.3 Å². The van der Waals surface area contributed by atoms with Gasteiger partial charge in [0.1, 0.15) is 0 Å². The zero-order valence-electron chi connectivity index (χ0n) is 15.6. The third-order valence-electron chi connectivity index (χ3n) is 5.06. The number of carbonyl (C=O) groups excluding carboxylic acids is 1. The number of ether oxygens (including phenoxy) is 1. The van der Waals surface area contributed by atoms with Crippen LogP contribution in [-0.4, -0.2) is 33.4 Å². The molecule has 0 aliphatic carbocycles. The molecule has 150 valence electrons. The summed E-state index contributed by atoms with van der Waals surface area (Å²) < 4.78 is 7.75. The lowest BCUT2D eigenvalue weighted by atomic mass is 10.1. The van der Waals surface area contributed by atoms with Gasteiger partial charge >= 0.3 is 5.97 Å². The molecule has 8 heteroatoms. The molecule has 2 heterocycles. The number of aromatic nitrogens is 2. The molecule has 4 rings (SSSR count). The highest BCUT2D eigenvalue weighted by Gasteiger charge is 2.19. The van der Waals surface area contributed by atoms with E-state index in [-0.39, 0.29) is 22.7 Å². The number of halogens is 1. The van der Waals surface area contributed by atoms with Crippen molar-refractivity contribution in [3.63, 3.8) is 0 Å². The molecule has 1 fully saturated rings. The lowest BCUT2D eigenvalue weighted by Gasteiger charge is -2.23. The van der Waals surface area contributed by atoms with Crippen molar-refractivity contribution in [3.05, 3.63) is 64.3 Å². The van der Waals surface area contributed by atoms with Gasteiger partial charge in [-0.3, -0.25) is 4.79 Å². The fraction of sp³-hybridized carbons (Fsp3) is 0.286. The summed E-state index contributed by atoms with van der Waals surface area (Å²) in [6.45, 7) is 1.05. The van der Waals surface area contributed by atoms with Crippen LogP contribution in [0.15, 0.2) is 42.6 Å². The van der Waals surface area contributed by atoms with Gasteiger partial charge in [-0.25, -0.2) is 9.48 Å². The summed E-state index contributed by atoms with van der Waals surface area (Å²) in [5.41, 5.74) is 2.17. The van der Waals surface area contributed by atoms with Crippen LogP contribution in [0, 0.1) is 0 Å². The minimum absolute atomic E-state index is 0.0287. The van der Waals surface area contributed by atoms with Gasteiger partial charge < -0.3 is 15.2 Å². The van der Waals surface area contributed by atoms with Gasteiger partial charge in [0, 0.05) is 24.1 Å². The molecule has 0 radical (unpaired) electrons. The molecule has 1 amide bonds. The summed E-state index contributed by atoms with van der Waals surface area (Å²) in [4.78, 5) is 23.5. The first-order valence-corrected chi connectivity index (χ1v) is 9.80. The Morgan fingerprint density at radius 3 is 2.86 bits per heavy atom. The van der Waals surface area contributed by atoms with Crippen LogP contribution < -0.4 is 5.32 Å². The molecule has 0 saturated carbocycles. The molecule has 1 aliphatic rings. The van der Waals surface area contributed by atoms with Crippen LogP contribution in [0.1, 0.15) is 51.8 Å². The Labute approximate surface area is 172 Å². The predicted molar refractivity (Wildman–Crippen MR) is 108 cm³/mol. The molecule has 7 nitrogen and oxygen atoms in total. The van der Waals surface area contributed by atoms with Crippen molar-refractivity contribution in [2.24, 2.45) is 0 Å². The number of aromatic carboxylic acids is 1. The van der Waals surface area contributed by atoms with Crippen molar-refractivity contribution in [1.29, 1.82) is 0 Å². The minimum atomic E-state index is -1.13. The predicted octanol–water partition coefficient (Wildman–Crippen LogP) is 4.02. The Hall–Kier alpha value is -2.90. The lowest BCUT2D eigenvalue weighted by molar-refractivity contribution is -0.0366. The fourth-order valence-corrected chi connectivity index (χ4v) is 3.80. The van der Waals surface area contributed by atoms with E-state index in [1.165, 1.54) is 18.2 Å². The summed E-state index contributed by atoms with van der Waals surface area (Å²) in [6.07, 6.45) is 4.87. The molecule has 1 aliphatic heterocycles. The number of carbonyl (C=O) groups is 2. The fourth-order valence-electron chi connectivity index (χ4n) is 3.54. The zero-order chi connectivity index (χ0) is 20.4. The van der Waals surface area contributed by atoms with Gasteiger partial charge in [0.2, 0.25) is 0 Å². The minimum Gasteiger partial charge on any atom is -0.478 e. The molecular weight excluding hydrogens is 394 g/mol. The molecule has 1 saturated heterocycles. The first-order chi connectivity index (χ1) is 14.0. The molecule has 1 atom stereocenters. The maximum atomic E-state index is 12.5. The highest BCUT2D eigenvalue weighted by Crippen LogP contribution is 2.27. The number of carboxylic acids is 1. The molecule has 2 aromatic carbocycles. The zero-order valence-corrected chi connectivity index (χ0v) is 16.4. The van der Waals surface area contributed by atoms with Crippen LogP contribution in [0.5, 0.6) is 0 Å². The van der Waals surface area contributed by atoms with E-state index in [9.17, 15) is 9.59 Å². The lowest BCUT2D eigenvalue weighted by Crippen LogP contribution is -2.23. The molecule has 3 aromatic rings. The maximum Gasteiger partial charge on any atom is 0.337 e. The Bertz CT molecular complexity index is 1070. The largest absolute Gasteiger partial charge is 0.478 e. The third-order valence-corrected chi connectivity index (χ3v) is 5.37. The highest BCUT2D eigenvalue weighted by molar-refractivity contribution is 6.33. The molecule has 1 aromatic heterocycles. The van der Waals surface area contributed by atoms with Crippen LogP contribution in [0.25, 0.3) is 10.9 Å². The van der Waals surface area contributed by atoms with Crippen molar-refractivity contribution in [2.45, 2.75) is 32.0 Å². The van der Waals surface area contributed by atoms with Crippen molar-refractivity contribution in [1.82, 2.24) is 15.1 Å². The van der Waals surface area contributed by atoms with Crippen LogP contribution >= 0.6 is 11.6 Å². The monoisotopic (exact) mass is 413 g/mol. The normalized spacial score (nSPS) is 16.7. The second-order valence-corrected chi connectivity index (χ2v) is 7.35. The van der Waals surface area contributed by atoms with Crippen LogP contribution in [0.2, 0.25) is 5.02 Å². The number of hydrogen-bond donors (Lipinski definition) is 2. The van der Waals surface area contributed by atoms with Gasteiger partial charge in [-0.05, 0) is 49.1 Å². The van der Waals surface area contributed by atoms with E-state index in [4.69, 9.17) is 21.4 Å². The SMILES string of the molecule is O=C(NCc1cccc2c1cnn2C1CCCCO1)c1ccc(C(=O)O)c(Cl)c1. The van der Waals surface area contributed by atoms with Crippen molar-refractivity contribution in [2.75, 3.05) is 6.61 Å². The Balaban J connectivity index is 1.51. The number of benzene rings is 2. The van der Waals surface area contributed by atoms with E-state index in [2.05, 4.69) is 10.4 Å². The van der Waals surface area contributed by atoms with Gasteiger partial charge in [-0.1, -0.05) is 23.7 Å². The summed E-state index contributed by atoms with van der Waals surface area (Å²) in [5.74, 6) is -1.46. The molecule has 29 heavy (non-hydrogen) atoms. The average Bonchev–Trinajstić information content (AvgIpc) is 3.17. The van der Waals surface area contributed by atoms with Crippen molar-refractivity contribution >= 4 is 34.4 Å². The van der Waals surface area contributed by atoms with Crippen LogP contribution in [0.3, 0.4) is 0 Å². The maximum absolute atomic E-state index is 12.5. The second-order valence-electron chi connectivity index (χ2n) is 6.94. The van der Waals surface area contributed by atoms with E-state index in [1.807, 2.05) is 22.9 Å². The Kier molecular flexibility index (Phi) is 5.51. The van der Waals surface area contributed by atoms with Gasteiger partial charge in [-0.15, -0.1) is 0 Å². The molecule has 0 bridgehead atoms. The summed E-state index contributed by atoms with van der Waals surface area (Å²) >= 11 is 5.96. The van der Waals surface area contributed by atoms with Gasteiger partial charge in [0.15, 0.2) is 6.23 Å². The Morgan fingerprint density at radius 1 is 1.28 bits per heavy atom. The van der Waals surface area contributed by atoms with Gasteiger partial charge in [0.25, 0.3) is 5.91 Å². The number of amides is 1. The number of hydrogen-bond acceptors (Lipinski definition) is 4. The number of nitrogens with zero attached hydrogens (tertiary/aromatic N) is 2. The van der Waals surface area contributed by atoms with Gasteiger partial charge in [-0.2, -0.15) is 5.10 Å². The van der Waals surface area contributed by atoms with Gasteiger partial charge in [0.05, 0.1) is 22.3 Å². The van der Waals surface area contributed by atoms with E-state index >= 15 is 0 Å². The van der Waals surface area contributed by atoms with Crippen LogP contribution in [-0.2, 0) is 11.3 Å². The second kappa shape index (κ2) is 8.23. The summed E-state index contributed by atoms with van der Waals surface area (Å²) in [7, 11) is 0. The molecule has 1 unspecified atom stereocenters. The molecule has 2 N–H and O–H groups in total. The topological polar surface area (TPSA) is 93.5 Å². The summed E-state index contributed by atoms with van der Waals surface area (Å²) in [5, 5.41) is 17.4. The number of rotatable bonds is 5. The molecular formula is C21H20ClN3O4. The highest BCUT2D eigenvalue weighted by atomic mass is 35.5. The average molecular weight is 414 g/mol. The van der Waals surface area contributed by atoms with E-state index < -0.39 is 5.97 Å². The standard InChI is InChI=1S/C21H20ClN3O4/c22-17-10-13(7-8-15(17)21(27)28)20(26)23-11-14-4-3-5-18-16(14)12-24-25(18)19-6-1-2-9-29-19/h3-5,7-8,10,12,19H,1-2,6,9,11H2,(H,23,26)(H,27,28). The number of carboxylic acid groups (broad SMARTS) is 1. The molecule has 0 spiro atoms. The van der Waals surface area contributed by atoms with Crippen molar-refractivity contribution in [3.8, 4) is 0 Å².